The van der Waals surface area contributed by atoms with Crippen LogP contribution in [0.4, 0.5) is 0 Å². The van der Waals surface area contributed by atoms with Crippen molar-refractivity contribution in [2.45, 2.75) is 13.8 Å². The first kappa shape index (κ1) is 11.8. The van der Waals surface area contributed by atoms with Gasteiger partial charge in [-0.3, -0.25) is 0 Å². The summed E-state index contributed by atoms with van der Waals surface area (Å²) in [7, 11) is 14.8. The fourth-order valence-electron chi connectivity index (χ4n) is 0. The summed E-state index contributed by atoms with van der Waals surface area (Å²) >= 11 is -1.62. The van der Waals surface area contributed by atoms with E-state index in [0.717, 1.165) is 0 Å². The average molecular weight is 216 g/mol. The summed E-state index contributed by atoms with van der Waals surface area (Å²) in [6.07, 6.45) is 0. The van der Waals surface area contributed by atoms with Gasteiger partial charge in [-0.1, -0.05) is 0 Å². The van der Waals surface area contributed by atoms with Crippen molar-refractivity contribution in [3.05, 3.63) is 0 Å². The summed E-state index contributed by atoms with van der Waals surface area (Å²) in [4.78, 5) is 9.44. The summed E-state index contributed by atoms with van der Waals surface area (Å²) in [6, 6.07) is 0. The van der Waals surface area contributed by atoms with Crippen LogP contribution in [0.3, 0.4) is 0 Å². The first-order valence-electron chi connectivity index (χ1n) is 1.67. The third-order valence-corrected chi connectivity index (χ3v) is 0. The Labute approximate surface area is 65.9 Å². The molecule has 0 radical (unpaired) electrons. The molecule has 0 aliphatic rings. The molecule has 5 heteroatoms. The molecule has 0 spiro atoms. The third kappa shape index (κ3) is 227. The topological polar surface area (TPSA) is 17.1 Å². The second kappa shape index (κ2) is 8.07. The van der Waals surface area contributed by atoms with Gasteiger partial charge in [0.2, 0.25) is 0 Å². The minimum absolute atomic E-state index is 0.167. The zero-order valence-corrected chi connectivity index (χ0v) is 7.99. The van der Waals surface area contributed by atoms with Gasteiger partial charge in [-0.05, 0) is 13.8 Å². The van der Waals surface area contributed by atoms with Crippen LogP contribution in [0.15, 0.2) is 0 Å². The van der Waals surface area contributed by atoms with E-state index in [1.165, 1.54) is 13.8 Å². The number of hydrogen-bond donors (Lipinski definition) is 0. The first-order chi connectivity index (χ1) is 3.46. The molecule has 1 nitrogen and oxygen atoms in total. The summed E-state index contributed by atoms with van der Waals surface area (Å²) in [5, 5.41) is 0. The predicted molar refractivity (Wildman–Crippen MR) is 33.9 cm³/mol. The van der Waals surface area contributed by atoms with Crippen LogP contribution < -0.4 is 0 Å². The van der Waals surface area contributed by atoms with Crippen molar-refractivity contribution in [3.8, 4) is 0 Å². The maximum absolute atomic E-state index is 9.44. The van der Waals surface area contributed by atoms with Crippen molar-refractivity contribution < 1.29 is 16.2 Å². The van der Waals surface area contributed by atoms with Crippen molar-refractivity contribution in [2.24, 2.45) is 0 Å². The van der Waals surface area contributed by atoms with Gasteiger partial charge in [-0.15, -0.1) is 0 Å². The molecule has 0 amide bonds. The van der Waals surface area contributed by atoms with Crippen LogP contribution in [0.1, 0.15) is 13.8 Å². The van der Waals surface area contributed by atoms with Gasteiger partial charge in [0.25, 0.3) is 0 Å². The molecule has 8 heavy (non-hydrogen) atoms. The third-order valence-electron chi connectivity index (χ3n) is 0. The van der Waals surface area contributed by atoms with Crippen LogP contribution in [-0.4, -0.2) is 5.78 Å². The van der Waals surface area contributed by atoms with Crippen LogP contribution in [0.25, 0.3) is 0 Å². The molecule has 0 aromatic carbocycles. The van der Waals surface area contributed by atoms with E-state index in [1.54, 1.807) is 0 Å². The molecule has 0 heterocycles. The molecule has 0 N–H and O–H groups in total. The van der Waals surface area contributed by atoms with Crippen molar-refractivity contribution in [2.75, 3.05) is 0 Å². The van der Waals surface area contributed by atoms with Crippen LogP contribution in [0.2, 0.25) is 0 Å². The number of carbonyl (C=O) groups is 1. The Morgan fingerprint density at radius 1 is 1.25 bits per heavy atom. The van der Waals surface area contributed by atoms with Gasteiger partial charge in [0.1, 0.15) is 5.78 Å². The number of rotatable bonds is 0. The molecule has 0 aromatic rings. The van der Waals surface area contributed by atoms with Crippen molar-refractivity contribution in [1.82, 2.24) is 0 Å². The zero-order chi connectivity index (χ0) is 7.15. The first-order valence-corrected chi connectivity index (χ1v) is 6.93. The van der Waals surface area contributed by atoms with Crippen LogP contribution in [0.5, 0.6) is 0 Å². The minimum atomic E-state index is -1.62. The van der Waals surface area contributed by atoms with Crippen LogP contribution in [-0.2, 0) is 16.2 Å². The summed E-state index contributed by atoms with van der Waals surface area (Å²) in [6.45, 7) is 3.06. The second-order valence-corrected chi connectivity index (χ2v) is 7.40. The number of halogens is 3. The van der Waals surface area contributed by atoms with Crippen molar-refractivity contribution in [3.63, 3.8) is 0 Å². The van der Waals surface area contributed by atoms with Crippen molar-refractivity contribution >= 4 is 35.9 Å². The average Bonchev–Trinajstić information content (AvgIpc) is 1.25. The molecule has 0 aromatic heterocycles. The molecule has 0 fully saturated rings. The molecular weight excluding hydrogens is 210 g/mol. The summed E-state index contributed by atoms with van der Waals surface area (Å²) in [5.74, 6) is 0.167. The van der Waals surface area contributed by atoms with E-state index in [2.05, 4.69) is 0 Å². The molecule has 0 aliphatic carbocycles. The number of ketones is 1. The number of carbonyl (C=O) groups excluding carboxylic acids is 1. The SMILES string of the molecule is CC(C)=O.[Cl][Cr]([Cl])[Cl]. The normalized spacial score (nSPS) is 7.75. The molecule has 0 saturated carbocycles. The predicted octanol–water partition coefficient (Wildman–Crippen LogP) is 2.66. The number of Topliss-reactive ketones (excluding diaryl/α,β-unsaturated/α-hetero) is 1. The Kier molecular flexibility index (Phi) is 11.9. The van der Waals surface area contributed by atoms with Gasteiger partial charge in [0.05, 0.1) is 0 Å². The zero-order valence-electron chi connectivity index (χ0n) is 4.45. The van der Waals surface area contributed by atoms with Gasteiger partial charge >= 0.3 is 41.5 Å². The van der Waals surface area contributed by atoms with E-state index < -0.39 is 11.4 Å². The Morgan fingerprint density at radius 3 is 1.25 bits per heavy atom. The summed E-state index contributed by atoms with van der Waals surface area (Å²) in [5.41, 5.74) is 0. The number of hydrogen-bond acceptors (Lipinski definition) is 1. The standard InChI is InChI=1S/C3H6O.3ClH.Cr/c1-3(2)4;;;;/h1-2H3;3*1H;/q;;;;+3/p-3. The Balaban J connectivity index is 0. The molecule has 0 unspecified atom stereocenters. The van der Waals surface area contributed by atoms with E-state index in [9.17, 15) is 4.79 Å². The molecule has 0 rings (SSSR count). The molecule has 0 bridgehead atoms. The Hall–Kier alpha value is 1.07. The maximum atomic E-state index is 9.44. The van der Waals surface area contributed by atoms with Crippen molar-refractivity contribution in [1.29, 1.82) is 0 Å². The van der Waals surface area contributed by atoms with Crippen LogP contribution in [0, 0.1) is 0 Å². The molecule has 0 aliphatic heterocycles. The molecule has 51 valence electrons. The quantitative estimate of drug-likeness (QED) is 0.608. The van der Waals surface area contributed by atoms with E-state index in [-0.39, 0.29) is 5.78 Å². The van der Waals surface area contributed by atoms with Gasteiger partial charge in [-0.2, -0.15) is 0 Å². The summed E-state index contributed by atoms with van der Waals surface area (Å²) < 4.78 is 0. The molecule has 0 atom stereocenters. The fourth-order valence-corrected chi connectivity index (χ4v) is 0. The second-order valence-electron chi connectivity index (χ2n) is 1.08. The van der Waals surface area contributed by atoms with E-state index in [4.69, 9.17) is 30.1 Å². The van der Waals surface area contributed by atoms with E-state index >= 15 is 0 Å². The van der Waals surface area contributed by atoms with E-state index in [0.29, 0.717) is 0 Å². The Bertz CT molecular complexity index is 58.8. The Morgan fingerprint density at radius 2 is 1.25 bits per heavy atom. The monoisotopic (exact) mass is 215 g/mol. The molecular formula is C3H6Cl3CrO. The van der Waals surface area contributed by atoms with Gasteiger partial charge in [0, 0.05) is 0 Å². The van der Waals surface area contributed by atoms with E-state index in [1.807, 2.05) is 0 Å². The molecule has 0 saturated heterocycles. The van der Waals surface area contributed by atoms with Gasteiger partial charge < -0.3 is 4.79 Å². The van der Waals surface area contributed by atoms with Crippen LogP contribution >= 0.6 is 30.1 Å². The fraction of sp³-hybridized carbons (Fsp3) is 0.667. The van der Waals surface area contributed by atoms with Gasteiger partial charge in [-0.25, -0.2) is 0 Å². The van der Waals surface area contributed by atoms with Gasteiger partial charge in [0.15, 0.2) is 0 Å².